The van der Waals surface area contributed by atoms with E-state index in [0.29, 0.717) is 11.4 Å². The highest BCUT2D eigenvalue weighted by molar-refractivity contribution is 6.34. The summed E-state index contributed by atoms with van der Waals surface area (Å²) in [5.74, 6) is -0.441. The Labute approximate surface area is 125 Å². The molecule has 0 fully saturated rings. The van der Waals surface area contributed by atoms with Crippen molar-refractivity contribution in [2.24, 2.45) is 0 Å². The number of rotatable bonds is 3. The predicted molar refractivity (Wildman–Crippen MR) is 79.8 cm³/mol. The Morgan fingerprint density at radius 2 is 2.00 bits per heavy atom. The van der Waals surface area contributed by atoms with E-state index in [2.05, 4.69) is 10.3 Å². The van der Waals surface area contributed by atoms with Gasteiger partial charge in [0.05, 0.1) is 26.9 Å². The van der Waals surface area contributed by atoms with Crippen LogP contribution in [0.5, 0.6) is 0 Å². The molecule has 21 heavy (non-hydrogen) atoms. The number of non-ortho nitro benzene ring substituents is 1. The summed E-state index contributed by atoms with van der Waals surface area (Å²) in [5.41, 5.74) is 2.10. The number of pyridine rings is 1. The maximum Gasteiger partial charge on any atom is 0.270 e. The Hall–Kier alpha value is -2.47. The minimum atomic E-state index is -0.568. The fraction of sp³-hybridized carbons (Fsp3) is 0.143. The number of aryl methyl sites for hydroxylation is 2. The highest BCUT2D eigenvalue weighted by Gasteiger charge is 2.15. The molecule has 1 aromatic carbocycles. The van der Waals surface area contributed by atoms with Crippen LogP contribution in [0.3, 0.4) is 0 Å². The number of hydrogen-bond donors (Lipinski definition) is 1. The van der Waals surface area contributed by atoms with Gasteiger partial charge in [0.25, 0.3) is 11.6 Å². The standard InChI is InChI=1S/C14H12ClN3O3/c1-8-3-6-13(9(2)16-8)17-14(19)11-5-4-10(18(20)21)7-12(11)15/h3-7H,1-2H3,(H,17,19). The number of amides is 1. The van der Waals surface area contributed by atoms with Gasteiger partial charge in [-0.25, -0.2) is 0 Å². The van der Waals surface area contributed by atoms with E-state index in [1.54, 1.807) is 19.1 Å². The molecule has 0 aliphatic rings. The van der Waals surface area contributed by atoms with Crippen LogP contribution in [0.2, 0.25) is 5.02 Å². The number of carbonyl (C=O) groups excluding carboxylic acids is 1. The number of halogens is 1. The molecule has 108 valence electrons. The van der Waals surface area contributed by atoms with Crippen molar-refractivity contribution in [3.05, 3.63) is 62.4 Å². The van der Waals surface area contributed by atoms with Crippen LogP contribution in [0.25, 0.3) is 0 Å². The fourth-order valence-electron chi connectivity index (χ4n) is 1.81. The maximum absolute atomic E-state index is 12.2. The lowest BCUT2D eigenvalue weighted by molar-refractivity contribution is -0.384. The van der Waals surface area contributed by atoms with Gasteiger partial charge in [-0.1, -0.05) is 11.6 Å². The molecule has 0 saturated heterocycles. The quantitative estimate of drug-likeness (QED) is 0.694. The zero-order valence-electron chi connectivity index (χ0n) is 11.4. The van der Waals surface area contributed by atoms with Crippen LogP contribution in [-0.4, -0.2) is 15.8 Å². The molecule has 6 nitrogen and oxygen atoms in total. The van der Waals surface area contributed by atoms with E-state index in [4.69, 9.17) is 11.6 Å². The van der Waals surface area contributed by atoms with Gasteiger partial charge in [0.15, 0.2) is 0 Å². The van der Waals surface area contributed by atoms with Crippen molar-refractivity contribution >= 4 is 28.9 Å². The second-order valence-corrected chi connectivity index (χ2v) is 4.87. The van der Waals surface area contributed by atoms with Crippen molar-refractivity contribution in [3.63, 3.8) is 0 Å². The van der Waals surface area contributed by atoms with E-state index in [1.165, 1.54) is 12.1 Å². The molecule has 1 N–H and O–H groups in total. The van der Waals surface area contributed by atoms with Crippen molar-refractivity contribution in [1.82, 2.24) is 4.98 Å². The van der Waals surface area contributed by atoms with Gasteiger partial charge in [-0.2, -0.15) is 0 Å². The third-order valence-electron chi connectivity index (χ3n) is 2.88. The molecule has 1 amide bonds. The second kappa shape index (κ2) is 5.88. The fourth-order valence-corrected chi connectivity index (χ4v) is 2.07. The number of aromatic nitrogens is 1. The molecule has 0 bridgehead atoms. The first-order chi connectivity index (χ1) is 9.88. The maximum atomic E-state index is 12.2. The van der Waals surface area contributed by atoms with Crippen molar-refractivity contribution in [2.45, 2.75) is 13.8 Å². The number of hydrogen-bond acceptors (Lipinski definition) is 4. The van der Waals surface area contributed by atoms with Crippen LogP contribution < -0.4 is 5.32 Å². The summed E-state index contributed by atoms with van der Waals surface area (Å²) < 4.78 is 0. The Bertz CT molecular complexity index is 731. The van der Waals surface area contributed by atoms with Gasteiger partial charge in [-0.15, -0.1) is 0 Å². The first-order valence-electron chi connectivity index (χ1n) is 6.08. The normalized spacial score (nSPS) is 10.2. The van der Waals surface area contributed by atoms with E-state index in [-0.39, 0.29) is 16.3 Å². The molecule has 1 heterocycles. The van der Waals surface area contributed by atoms with E-state index in [1.807, 2.05) is 6.92 Å². The second-order valence-electron chi connectivity index (χ2n) is 4.46. The lowest BCUT2D eigenvalue weighted by Gasteiger charge is -2.09. The molecular formula is C14H12ClN3O3. The largest absolute Gasteiger partial charge is 0.320 e. The number of nitro groups is 1. The lowest BCUT2D eigenvalue weighted by Crippen LogP contribution is -2.14. The Morgan fingerprint density at radius 1 is 1.29 bits per heavy atom. The Kier molecular flexibility index (Phi) is 4.18. The van der Waals surface area contributed by atoms with Gasteiger partial charge >= 0.3 is 0 Å². The highest BCUT2D eigenvalue weighted by Crippen LogP contribution is 2.24. The average molecular weight is 306 g/mol. The number of nitrogens with zero attached hydrogens (tertiary/aromatic N) is 2. The monoisotopic (exact) mass is 305 g/mol. The van der Waals surface area contributed by atoms with Crippen LogP contribution >= 0.6 is 11.6 Å². The molecule has 1 aromatic heterocycles. The smallest absolute Gasteiger partial charge is 0.270 e. The van der Waals surface area contributed by atoms with Gasteiger partial charge in [-0.3, -0.25) is 19.9 Å². The molecule has 7 heteroatoms. The summed E-state index contributed by atoms with van der Waals surface area (Å²) in [6, 6.07) is 7.24. The van der Waals surface area contributed by atoms with Crippen LogP contribution in [0.15, 0.2) is 30.3 Å². The zero-order valence-corrected chi connectivity index (χ0v) is 12.1. The first kappa shape index (κ1) is 14.9. The van der Waals surface area contributed by atoms with Gasteiger partial charge < -0.3 is 5.32 Å². The Morgan fingerprint density at radius 3 is 2.57 bits per heavy atom. The third-order valence-corrected chi connectivity index (χ3v) is 3.19. The van der Waals surface area contributed by atoms with Crippen LogP contribution in [-0.2, 0) is 0 Å². The van der Waals surface area contributed by atoms with Crippen molar-refractivity contribution in [2.75, 3.05) is 5.32 Å². The van der Waals surface area contributed by atoms with Gasteiger partial charge in [0.1, 0.15) is 0 Å². The SMILES string of the molecule is Cc1ccc(NC(=O)c2ccc([N+](=O)[O-])cc2Cl)c(C)n1. The summed E-state index contributed by atoms with van der Waals surface area (Å²) in [7, 11) is 0. The number of nitro benzene ring substituents is 1. The molecule has 0 spiro atoms. The van der Waals surface area contributed by atoms with Crippen LogP contribution in [0, 0.1) is 24.0 Å². The average Bonchev–Trinajstić information content (AvgIpc) is 2.41. The molecule has 0 aliphatic carbocycles. The summed E-state index contributed by atoms with van der Waals surface area (Å²) in [6.45, 7) is 3.63. The molecule has 2 aromatic rings. The minimum Gasteiger partial charge on any atom is -0.320 e. The van der Waals surface area contributed by atoms with E-state index in [0.717, 1.165) is 11.8 Å². The van der Waals surface area contributed by atoms with Crippen LogP contribution in [0.1, 0.15) is 21.7 Å². The minimum absolute atomic E-state index is 0.0272. The zero-order chi connectivity index (χ0) is 15.6. The summed E-state index contributed by atoms with van der Waals surface area (Å²) in [5, 5.41) is 13.4. The summed E-state index contributed by atoms with van der Waals surface area (Å²) >= 11 is 5.92. The number of benzene rings is 1. The molecule has 2 rings (SSSR count). The first-order valence-corrected chi connectivity index (χ1v) is 6.46. The van der Waals surface area contributed by atoms with E-state index >= 15 is 0 Å². The van der Waals surface area contributed by atoms with E-state index < -0.39 is 10.8 Å². The van der Waals surface area contributed by atoms with E-state index in [9.17, 15) is 14.9 Å². The van der Waals surface area contributed by atoms with Gasteiger partial charge in [-0.05, 0) is 32.0 Å². The summed E-state index contributed by atoms with van der Waals surface area (Å²) in [6.07, 6.45) is 0. The van der Waals surface area contributed by atoms with Crippen LogP contribution in [0.4, 0.5) is 11.4 Å². The number of nitrogens with one attached hydrogen (secondary N) is 1. The molecule has 0 aliphatic heterocycles. The molecule has 0 unspecified atom stereocenters. The van der Waals surface area contributed by atoms with Gasteiger partial charge in [0, 0.05) is 17.8 Å². The summed E-state index contributed by atoms with van der Waals surface area (Å²) in [4.78, 5) is 26.5. The van der Waals surface area contributed by atoms with Crippen molar-refractivity contribution < 1.29 is 9.72 Å². The number of carbonyl (C=O) groups is 1. The van der Waals surface area contributed by atoms with Crippen molar-refractivity contribution in [3.8, 4) is 0 Å². The topological polar surface area (TPSA) is 85.1 Å². The molecular weight excluding hydrogens is 294 g/mol. The number of anilines is 1. The van der Waals surface area contributed by atoms with Gasteiger partial charge in [0.2, 0.25) is 0 Å². The molecule has 0 atom stereocenters. The third kappa shape index (κ3) is 3.35. The van der Waals surface area contributed by atoms with Crippen molar-refractivity contribution in [1.29, 1.82) is 0 Å². The highest BCUT2D eigenvalue weighted by atomic mass is 35.5. The predicted octanol–water partition coefficient (Wildman–Crippen LogP) is 3.51. The lowest BCUT2D eigenvalue weighted by atomic mass is 10.2. The molecule has 0 radical (unpaired) electrons. The Balaban J connectivity index is 2.26. The molecule has 0 saturated carbocycles.